The molecule has 1 aromatic rings. The Bertz CT molecular complexity index is 524. The maximum Gasteiger partial charge on any atom is 0.123 e. The van der Waals surface area contributed by atoms with E-state index in [0.29, 0.717) is 0 Å². The van der Waals surface area contributed by atoms with Gasteiger partial charge >= 0.3 is 0 Å². The Kier molecular flexibility index (Phi) is 2.69. The summed E-state index contributed by atoms with van der Waals surface area (Å²) in [6.45, 7) is 4.31. The molecule has 0 spiro atoms. The molecule has 2 nitrogen and oxygen atoms in total. The van der Waals surface area contributed by atoms with Gasteiger partial charge in [-0.05, 0) is 61.6 Å². The van der Waals surface area contributed by atoms with Crippen LogP contribution in [0, 0.1) is 17.8 Å². The van der Waals surface area contributed by atoms with Gasteiger partial charge in [-0.25, -0.2) is 0 Å². The number of ether oxygens (including phenoxy) is 1. The van der Waals surface area contributed by atoms with E-state index < -0.39 is 0 Å². The molecular weight excluding hydrogens is 246 g/mol. The molecule has 0 amide bonds. The highest BCUT2D eigenvalue weighted by Crippen LogP contribution is 2.59. The van der Waals surface area contributed by atoms with E-state index in [9.17, 15) is 0 Å². The van der Waals surface area contributed by atoms with Crippen molar-refractivity contribution in [2.75, 3.05) is 0 Å². The van der Waals surface area contributed by atoms with Gasteiger partial charge in [-0.1, -0.05) is 25.0 Å². The van der Waals surface area contributed by atoms with Crippen molar-refractivity contribution >= 4 is 0 Å². The minimum Gasteiger partial charge on any atom is -0.487 e. The van der Waals surface area contributed by atoms with Crippen LogP contribution in [0.2, 0.25) is 0 Å². The maximum atomic E-state index is 6.58. The monoisotopic (exact) mass is 271 g/mol. The van der Waals surface area contributed by atoms with Crippen LogP contribution in [0.25, 0.3) is 0 Å². The number of benzene rings is 1. The molecule has 4 rings (SSSR count). The molecule has 3 aliphatic rings. The van der Waals surface area contributed by atoms with E-state index in [1.165, 1.54) is 36.8 Å². The lowest BCUT2D eigenvalue weighted by Gasteiger charge is -2.16. The summed E-state index contributed by atoms with van der Waals surface area (Å²) in [5.74, 6) is 3.63. The largest absolute Gasteiger partial charge is 0.487 e. The highest BCUT2D eigenvalue weighted by Gasteiger charge is 2.53. The quantitative estimate of drug-likeness (QED) is 0.887. The number of rotatable bonds is 2. The summed E-state index contributed by atoms with van der Waals surface area (Å²) >= 11 is 0. The summed E-state index contributed by atoms with van der Waals surface area (Å²) < 4.78 is 5.96. The molecule has 0 saturated heterocycles. The molecule has 2 fully saturated rings. The van der Waals surface area contributed by atoms with Crippen LogP contribution in [0.4, 0.5) is 0 Å². The summed E-state index contributed by atoms with van der Waals surface area (Å²) in [5.41, 5.74) is 9.19. The fourth-order valence-electron chi connectivity index (χ4n) is 4.64. The fourth-order valence-corrected chi connectivity index (χ4v) is 4.64. The topological polar surface area (TPSA) is 35.2 Å². The Morgan fingerprint density at radius 3 is 2.60 bits per heavy atom. The zero-order chi connectivity index (χ0) is 13.9. The van der Waals surface area contributed by atoms with Gasteiger partial charge in [0.05, 0.1) is 0 Å². The zero-order valence-corrected chi connectivity index (χ0v) is 12.6. The molecule has 0 aromatic heterocycles. The molecule has 20 heavy (non-hydrogen) atoms. The lowest BCUT2D eigenvalue weighted by atomic mass is 9.95. The summed E-state index contributed by atoms with van der Waals surface area (Å²) in [6.07, 6.45) is 6.64. The van der Waals surface area contributed by atoms with Gasteiger partial charge < -0.3 is 10.5 Å². The molecule has 2 N–H and O–H groups in total. The smallest absolute Gasteiger partial charge is 0.123 e. The molecule has 3 unspecified atom stereocenters. The lowest BCUT2D eigenvalue weighted by Crippen LogP contribution is -2.24. The van der Waals surface area contributed by atoms with Crippen molar-refractivity contribution in [3.05, 3.63) is 29.3 Å². The second kappa shape index (κ2) is 4.24. The van der Waals surface area contributed by atoms with Crippen molar-refractivity contribution in [2.45, 2.75) is 57.6 Å². The van der Waals surface area contributed by atoms with Crippen LogP contribution in [0.15, 0.2) is 18.2 Å². The Balaban J connectivity index is 1.55. The average molecular weight is 271 g/mol. The second-order valence-corrected chi connectivity index (χ2v) is 7.62. The van der Waals surface area contributed by atoms with Crippen molar-refractivity contribution in [2.24, 2.45) is 23.5 Å². The fraction of sp³-hybridized carbons (Fsp3) is 0.667. The number of fused-ring (bicyclic) bond motifs is 2. The van der Waals surface area contributed by atoms with Crippen molar-refractivity contribution in [1.29, 1.82) is 0 Å². The van der Waals surface area contributed by atoms with Gasteiger partial charge in [-0.2, -0.15) is 0 Å². The van der Waals surface area contributed by atoms with E-state index >= 15 is 0 Å². The minimum absolute atomic E-state index is 0.0569. The van der Waals surface area contributed by atoms with Gasteiger partial charge in [0, 0.05) is 12.5 Å². The molecule has 3 atom stereocenters. The summed E-state index contributed by atoms with van der Waals surface area (Å²) in [5, 5.41) is 0. The van der Waals surface area contributed by atoms with Crippen molar-refractivity contribution in [3.63, 3.8) is 0 Å². The van der Waals surface area contributed by atoms with Crippen LogP contribution >= 0.6 is 0 Å². The van der Waals surface area contributed by atoms with E-state index in [0.717, 1.165) is 29.9 Å². The molecule has 0 radical (unpaired) electrons. The van der Waals surface area contributed by atoms with E-state index in [2.05, 4.69) is 32.0 Å². The van der Waals surface area contributed by atoms with Gasteiger partial charge in [0.15, 0.2) is 0 Å². The van der Waals surface area contributed by atoms with Gasteiger partial charge in [-0.15, -0.1) is 0 Å². The minimum atomic E-state index is -0.0569. The zero-order valence-electron chi connectivity index (χ0n) is 12.6. The van der Waals surface area contributed by atoms with Crippen LogP contribution < -0.4 is 10.5 Å². The van der Waals surface area contributed by atoms with Crippen molar-refractivity contribution in [3.8, 4) is 5.75 Å². The number of hydrogen-bond acceptors (Lipinski definition) is 2. The molecule has 2 aliphatic carbocycles. The van der Waals surface area contributed by atoms with E-state index in [1.54, 1.807) is 0 Å². The molecule has 1 aliphatic heterocycles. The van der Waals surface area contributed by atoms with Crippen molar-refractivity contribution < 1.29 is 4.74 Å². The highest BCUT2D eigenvalue weighted by molar-refractivity contribution is 5.43. The van der Waals surface area contributed by atoms with Crippen LogP contribution in [0.5, 0.6) is 5.75 Å². The Morgan fingerprint density at radius 2 is 1.90 bits per heavy atom. The Morgan fingerprint density at radius 1 is 1.20 bits per heavy atom. The van der Waals surface area contributed by atoms with Gasteiger partial charge in [0.1, 0.15) is 11.4 Å². The summed E-state index contributed by atoms with van der Waals surface area (Å²) in [6, 6.07) is 6.86. The first-order chi connectivity index (χ1) is 9.55. The average Bonchev–Trinajstić information content (AvgIpc) is 3.05. The molecule has 0 bridgehead atoms. The van der Waals surface area contributed by atoms with Gasteiger partial charge in [0.2, 0.25) is 0 Å². The third-order valence-corrected chi connectivity index (χ3v) is 5.61. The standard InChI is InChI=1S/C18H25NO/c1-18(2)10-12-9-11(7-8-15(12)20-18)17(19)16-13-5-3-4-6-14(13)16/h7-9,13-14,16-17H,3-6,10,19H2,1-2H3. The van der Waals surface area contributed by atoms with Crippen LogP contribution in [-0.2, 0) is 6.42 Å². The van der Waals surface area contributed by atoms with Crippen LogP contribution in [-0.4, -0.2) is 5.60 Å². The van der Waals surface area contributed by atoms with Gasteiger partial charge in [-0.3, -0.25) is 0 Å². The first kappa shape index (κ1) is 12.7. The Labute approximate surface area is 121 Å². The number of nitrogens with two attached hydrogens (primary N) is 1. The lowest BCUT2D eigenvalue weighted by molar-refractivity contribution is 0.138. The highest BCUT2D eigenvalue weighted by atomic mass is 16.5. The Hall–Kier alpha value is -1.02. The van der Waals surface area contributed by atoms with Gasteiger partial charge in [0.25, 0.3) is 0 Å². The summed E-state index contributed by atoms with van der Waals surface area (Å²) in [4.78, 5) is 0. The molecule has 108 valence electrons. The molecule has 1 aromatic carbocycles. The third-order valence-electron chi connectivity index (χ3n) is 5.61. The first-order valence-electron chi connectivity index (χ1n) is 8.13. The van der Waals surface area contributed by atoms with E-state index in [4.69, 9.17) is 10.5 Å². The first-order valence-corrected chi connectivity index (χ1v) is 8.13. The molecule has 2 heteroatoms. The normalized spacial score (nSPS) is 34.9. The second-order valence-electron chi connectivity index (χ2n) is 7.62. The molecule has 1 heterocycles. The predicted octanol–water partition coefficient (Wildman–Crippen LogP) is 3.84. The third kappa shape index (κ3) is 1.96. The molecule has 2 saturated carbocycles. The van der Waals surface area contributed by atoms with Crippen LogP contribution in [0.3, 0.4) is 0 Å². The summed E-state index contributed by atoms with van der Waals surface area (Å²) in [7, 11) is 0. The number of hydrogen-bond donors (Lipinski definition) is 1. The SMILES string of the molecule is CC1(C)Cc2cc(C(N)C3C4CCCCC43)ccc2O1. The van der Waals surface area contributed by atoms with E-state index in [1.807, 2.05) is 0 Å². The maximum absolute atomic E-state index is 6.58. The van der Waals surface area contributed by atoms with E-state index in [-0.39, 0.29) is 11.6 Å². The predicted molar refractivity (Wildman–Crippen MR) is 80.7 cm³/mol. The van der Waals surface area contributed by atoms with Crippen LogP contribution in [0.1, 0.15) is 56.7 Å². The molecular formula is C18H25NO. The van der Waals surface area contributed by atoms with Crippen molar-refractivity contribution in [1.82, 2.24) is 0 Å².